The van der Waals surface area contributed by atoms with Gasteiger partial charge in [0.2, 0.25) is 0 Å². The molecule has 0 aromatic rings. The van der Waals surface area contributed by atoms with Crippen LogP contribution in [0.5, 0.6) is 0 Å². The van der Waals surface area contributed by atoms with E-state index in [1.807, 2.05) is 13.0 Å². The van der Waals surface area contributed by atoms with Crippen LogP contribution >= 0.6 is 0 Å². The fourth-order valence-electron chi connectivity index (χ4n) is 6.37. The summed E-state index contributed by atoms with van der Waals surface area (Å²) in [5.41, 5.74) is 0.870. The lowest BCUT2D eigenvalue weighted by Gasteiger charge is -2.22. The second-order valence-corrected chi connectivity index (χ2v) is 12.8. The van der Waals surface area contributed by atoms with E-state index in [0.29, 0.717) is 0 Å². The average molecular weight is 565 g/mol. The van der Waals surface area contributed by atoms with Gasteiger partial charge in [0, 0.05) is 5.57 Å². The van der Waals surface area contributed by atoms with Crippen LogP contribution in [0.1, 0.15) is 174 Å². The van der Waals surface area contributed by atoms with Crippen LogP contribution in [0.25, 0.3) is 0 Å². The van der Waals surface area contributed by atoms with Crippen LogP contribution in [-0.4, -0.2) is 46.7 Å². The fourth-order valence-corrected chi connectivity index (χ4v) is 6.37. The van der Waals surface area contributed by atoms with Crippen molar-refractivity contribution in [1.82, 2.24) is 0 Å². The molecule has 0 spiro atoms. The number of aliphatic hydroxyl groups excluding tert-OH is 2. The summed E-state index contributed by atoms with van der Waals surface area (Å²) in [5, 5.41) is 21.2. The SMILES string of the molecule is CCCCCCCCCCCC[C@@H](O)[C@H]1CC[C@H](C(O)CCCCCCCCCCCCC2=C[C@H](C)OC2=O)O1. The Kier molecular flexibility index (Phi) is 20.0. The van der Waals surface area contributed by atoms with Crippen molar-refractivity contribution in [1.29, 1.82) is 0 Å². The molecule has 5 heteroatoms. The van der Waals surface area contributed by atoms with Crippen molar-refractivity contribution in [3.8, 4) is 0 Å². The van der Waals surface area contributed by atoms with Gasteiger partial charge in [0.15, 0.2) is 0 Å². The van der Waals surface area contributed by atoms with Crippen molar-refractivity contribution in [2.24, 2.45) is 0 Å². The molecular formula is C35H64O5. The number of cyclic esters (lactones) is 1. The van der Waals surface area contributed by atoms with Gasteiger partial charge in [-0.15, -0.1) is 0 Å². The molecule has 0 radical (unpaired) electrons. The van der Waals surface area contributed by atoms with Crippen LogP contribution in [0.15, 0.2) is 11.6 Å². The third-order valence-corrected chi connectivity index (χ3v) is 8.98. The minimum absolute atomic E-state index is 0.0443. The number of unbranched alkanes of at least 4 members (excludes halogenated alkanes) is 18. The summed E-state index contributed by atoms with van der Waals surface area (Å²) in [5.74, 6) is -0.117. The molecule has 0 saturated carbocycles. The van der Waals surface area contributed by atoms with Gasteiger partial charge in [0.25, 0.3) is 0 Å². The van der Waals surface area contributed by atoms with Crippen LogP contribution in [-0.2, 0) is 14.3 Å². The Labute approximate surface area is 246 Å². The first-order valence-corrected chi connectivity index (χ1v) is 17.4. The van der Waals surface area contributed by atoms with Crippen LogP contribution in [0.3, 0.4) is 0 Å². The molecule has 1 unspecified atom stereocenters. The van der Waals surface area contributed by atoms with Crippen LogP contribution < -0.4 is 0 Å². The van der Waals surface area contributed by atoms with Crippen molar-refractivity contribution in [2.45, 2.75) is 205 Å². The van der Waals surface area contributed by atoms with Crippen LogP contribution in [0.2, 0.25) is 0 Å². The molecule has 0 aromatic heterocycles. The standard InChI is InChI=1S/C35H64O5/c1-3-4-5-6-7-8-12-15-18-21-24-31(36)33-26-27-34(40-33)32(37)25-22-19-16-13-10-9-11-14-17-20-23-30-28-29(2)39-35(30)38/h28-29,31-34,36-37H,3-27H2,1-2H3/t29-,31+,32?,33+,34+/m0/s1. The number of hydrogen-bond donors (Lipinski definition) is 2. The second kappa shape index (κ2) is 22.7. The maximum Gasteiger partial charge on any atom is 0.334 e. The zero-order valence-corrected chi connectivity index (χ0v) is 26.3. The maximum atomic E-state index is 11.6. The first kappa shape index (κ1) is 35.3. The number of carbonyl (C=O) groups excluding carboxylic acids is 1. The predicted molar refractivity (Wildman–Crippen MR) is 165 cm³/mol. The van der Waals surface area contributed by atoms with Gasteiger partial charge in [-0.2, -0.15) is 0 Å². The van der Waals surface area contributed by atoms with E-state index in [1.54, 1.807) is 0 Å². The van der Waals surface area contributed by atoms with E-state index in [0.717, 1.165) is 56.9 Å². The molecule has 0 bridgehead atoms. The summed E-state index contributed by atoms with van der Waals surface area (Å²) in [6.45, 7) is 4.18. The summed E-state index contributed by atoms with van der Waals surface area (Å²) in [7, 11) is 0. The minimum Gasteiger partial charge on any atom is -0.455 e. The molecule has 1 saturated heterocycles. The molecule has 0 aromatic carbocycles. The molecule has 2 N–H and O–H groups in total. The molecule has 5 nitrogen and oxygen atoms in total. The average Bonchev–Trinajstić information content (AvgIpc) is 3.56. The Hall–Kier alpha value is -0.910. The highest BCUT2D eigenvalue weighted by atomic mass is 16.5. The van der Waals surface area contributed by atoms with Gasteiger partial charge >= 0.3 is 5.97 Å². The van der Waals surface area contributed by atoms with Crippen molar-refractivity contribution in [3.63, 3.8) is 0 Å². The molecule has 234 valence electrons. The number of carbonyl (C=O) groups is 1. The number of rotatable bonds is 26. The zero-order valence-electron chi connectivity index (χ0n) is 26.3. The molecule has 2 aliphatic rings. The Morgan fingerprint density at radius 3 is 1.48 bits per heavy atom. The van der Waals surface area contributed by atoms with E-state index in [1.165, 1.54) is 109 Å². The van der Waals surface area contributed by atoms with Gasteiger partial charge < -0.3 is 19.7 Å². The maximum absolute atomic E-state index is 11.6. The normalized spacial score (nSPS) is 22.4. The lowest BCUT2D eigenvalue weighted by atomic mass is 10.00. The van der Waals surface area contributed by atoms with E-state index in [-0.39, 0.29) is 36.5 Å². The minimum atomic E-state index is -0.389. The first-order valence-electron chi connectivity index (χ1n) is 17.4. The third-order valence-electron chi connectivity index (χ3n) is 8.98. The highest BCUT2D eigenvalue weighted by Gasteiger charge is 2.34. The summed E-state index contributed by atoms with van der Waals surface area (Å²) in [6, 6.07) is 0. The zero-order chi connectivity index (χ0) is 28.8. The summed E-state index contributed by atoms with van der Waals surface area (Å²) in [4.78, 5) is 11.6. The van der Waals surface area contributed by atoms with E-state index in [2.05, 4.69) is 6.92 Å². The van der Waals surface area contributed by atoms with Crippen molar-refractivity contribution in [3.05, 3.63) is 11.6 Å². The molecule has 2 aliphatic heterocycles. The van der Waals surface area contributed by atoms with Crippen molar-refractivity contribution in [2.75, 3.05) is 0 Å². The molecule has 0 amide bonds. The number of ether oxygens (including phenoxy) is 2. The Morgan fingerprint density at radius 2 is 1.07 bits per heavy atom. The van der Waals surface area contributed by atoms with Crippen LogP contribution in [0, 0.1) is 0 Å². The highest BCUT2D eigenvalue weighted by Crippen LogP contribution is 2.28. The molecule has 2 heterocycles. The Bertz CT molecular complexity index is 662. The second-order valence-electron chi connectivity index (χ2n) is 12.8. The van der Waals surface area contributed by atoms with E-state index < -0.39 is 0 Å². The largest absolute Gasteiger partial charge is 0.455 e. The smallest absolute Gasteiger partial charge is 0.334 e. The molecule has 40 heavy (non-hydrogen) atoms. The van der Waals surface area contributed by atoms with Crippen LogP contribution in [0.4, 0.5) is 0 Å². The third kappa shape index (κ3) is 15.9. The summed E-state index contributed by atoms with van der Waals surface area (Å²) in [6.07, 6.45) is 30.5. The molecule has 5 atom stereocenters. The van der Waals surface area contributed by atoms with E-state index >= 15 is 0 Å². The number of hydrogen-bond acceptors (Lipinski definition) is 5. The summed E-state index contributed by atoms with van der Waals surface area (Å²) < 4.78 is 11.2. The van der Waals surface area contributed by atoms with Gasteiger partial charge in [-0.25, -0.2) is 4.79 Å². The molecular weight excluding hydrogens is 500 g/mol. The Balaban J connectivity index is 1.35. The lowest BCUT2D eigenvalue weighted by molar-refractivity contribution is -0.139. The number of aliphatic hydroxyl groups is 2. The van der Waals surface area contributed by atoms with Gasteiger partial charge in [-0.1, -0.05) is 129 Å². The topological polar surface area (TPSA) is 76.0 Å². The first-order chi connectivity index (χ1) is 19.5. The van der Waals surface area contributed by atoms with Gasteiger partial charge in [-0.05, 0) is 51.5 Å². The van der Waals surface area contributed by atoms with Crippen molar-refractivity contribution < 1.29 is 24.5 Å². The number of esters is 1. The van der Waals surface area contributed by atoms with Crippen molar-refractivity contribution >= 4 is 5.97 Å². The Morgan fingerprint density at radius 1 is 0.675 bits per heavy atom. The van der Waals surface area contributed by atoms with Gasteiger partial charge in [0.05, 0.1) is 24.4 Å². The van der Waals surface area contributed by atoms with Gasteiger partial charge in [0.1, 0.15) is 6.10 Å². The molecule has 0 aliphatic carbocycles. The summed E-state index contributed by atoms with van der Waals surface area (Å²) >= 11 is 0. The molecule has 1 fully saturated rings. The quantitative estimate of drug-likeness (QED) is 0.0809. The van der Waals surface area contributed by atoms with E-state index in [9.17, 15) is 15.0 Å². The monoisotopic (exact) mass is 564 g/mol. The lowest BCUT2D eigenvalue weighted by Crippen LogP contribution is -2.31. The molecule has 2 rings (SSSR count). The fraction of sp³-hybridized carbons (Fsp3) is 0.914. The van der Waals surface area contributed by atoms with E-state index in [4.69, 9.17) is 9.47 Å². The van der Waals surface area contributed by atoms with Gasteiger partial charge in [-0.3, -0.25) is 0 Å². The predicted octanol–water partition coefficient (Wildman–Crippen LogP) is 9.12. The highest BCUT2D eigenvalue weighted by molar-refractivity contribution is 5.90.